The summed E-state index contributed by atoms with van der Waals surface area (Å²) in [7, 11) is 0. The van der Waals surface area contributed by atoms with Gasteiger partial charge in [-0.3, -0.25) is 14.2 Å². The second kappa shape index (κ2) is 8.04. The Labute approximate surface area is 183 Å². The molecule has 1 atom stereocenters. The number of nitrogens with zero attached hydrogens (tertiary/aromatic N) is 3. The van der Waals surface area contributed by atoms with Crippen LogP contribution in [0.1, 0.15) is 36.6 Å². The Morgan fingerprint density at radius 1 is 1.17 bits per heavy atom. The van der Waals surface area contributed by atoms with Crippen molar-refractivity contribution in [3.63, 3.8) is 0 Å². The minimum Gasteiger partial charge on any atom is -0.338 e. The first kappa shape index (κ1) is 20.9. The Balaban J connectivity index is 1.91. The van der Waals surface area contributed by atoms with Crippen molar-refractivity contribution in [1.82, 2.24) is 14.0 Å². The molecule has 1 unspecified atom stereocenters. The molecular weight excluding hydrogens is 422 g/mol. The van der Waals surface area contributed by atoms with Crippen molar-refractivity contribution >= 4 is 39.1 Å². The maximum atomic E-state index is 13.4. The van der Waals surface area contributed by atoms with Crippen molar-refractivity contribution in [2.75, 3.05) is 6.54 Å². The number of hydrogen-bond acceptors (Lipinski definition) is 4. The van der Waals surface area contributed by atoms with Gasteiger partial charge in [-0.15, -0.1) is 11.3 Å². The summed E-state index contributed by atoms with van der Waals surface area (Å²) in [4.78, 5) is 43.2. The van der Waals surface area contributed by atoms with Gasteiger partial charge in [-0.25, -0.2) is 9.36 Å². The largest absolute Gasteiger partial charge is 0.338 e. The number of fused-ring (bicyclic) bond motifs is 1. The zero-order valence-corrected chi connectivity index (χ0v) is 18.8. The monoisotopic (exact) mass is 445 g/mol. The highest BCUT2D eigenvalue weighted by molar-refractivity contribution is 7.18. The molecule has 0 radical (unpaired) electrons. The normalized spacial score (nSPS) is 16.9. The van der Waals surface area contributed by atoms with E-state index in [0.29, 0.717) is 27.5 Å². The maximum absolute atomic E-state index is 13.4. The molecular formula is C22H24ClN3O3S. The van der Waals surface area contributed by atoms with Gasteiger partial charge in [-0.2, -0.15) is 0 Å². The molecule has 1 aromatic carbocycles. The van der Waals surface area contributed by atoms with Gasteiger partial charge in [0.1, 0.15) is 11.4 Å². The molecule has 3 aromatic rings. The van der Waals surface area contributed by atoms with Crippen LogP contribution >= 0.6 is 22.9 Å². The van der Waals surface area contributed by atoms with Gasteiger partial charge < -0.3 is 4.90 Å². The quantitative estimate of drug-likeness (QED) is 0.614. The number of hydrogen-bond donors (Lipinski definition) is 0. The molecule has 4 rings (SSSR count). The average Bonchev–Trinajstić information content (AvgIpc) is 3.01. The number of aromatic nitrogens is 2. The van der Waals surface area contributed by atoms with Gasteiger partial charge >= 0.3 is 5.69 Å². The highest BCUT2D eigenvalue weighted by atomic mass is 35.5. The Morgan fingerprint density at radius 3 is 2.53 bits per heavy atom. The summed E-state index contributed by atoms with van der Waals surface area (Å²) in [6, 6.07) is 6.73. The second-order valence-corrected chi connectivity index (χ2v) is 9.52. The lowest BCUT2D eigenvalue weighted by Crippen LogP contribution is -2.46. The lowest BCUT2D eigenvalue weighted by Gasteiger charge is -2.33. The number of carbonyl (C=O) groups is 1. The first-order valence-corrected chi connectivity index (χ1v) is 11.3. The number of aryl methyl sites for hydroxylation is 2. The van der Waals surface area contributed by atoms with E-state index in [4.69, 9.17) is 11.6 Å². The van der Waals surface area contributed by atoms with Crippen LogP contribution in [0, 0.1) is 13.8 Å². The molecule has 0 aliphatic carbocycles. The molecule has 1 aliphatic heterocycles. The van der Waals surface area contributed by atoms with Gasteiger partial charge in [0.15, 0.2) is 0 Å². The smallest absolute Gasteiger partial charge is 0.337 e. The van der Waals surface area contributed by atoms with Crippen molar-refractivity contribution in [2.45, 2.75) is 52.6 Å². The zero-order valence-electron chi connectivity index (χ0n) is 17.3. The van der Waals surface area contributed by atoms with Gasteiger partial charge in [-0.05, 0) is 69.9 Å². The van der Waals surface area contributed by atoms with E-state index in [1.807, 2.05) is 25.7 Å². The predicted molar refractivity (Wildman–Crippen MR) is 121 cm³/mol. The molecule has 0 bridgehead atoms. The van der Waals surface area contributed by atoms with E-state index in [1.54, 1.807) is 24.3 Å². The van der Waals surface area contributed by atoms with E-state index in [9.17, 15) is 14.4 Å². The molecule has 158 valence electrons. The third-order valence-electron chi connectivity index (χ3n) is 5.95. The van der Waals surface area contributed by atoms with Gasteiger partial charge in [0.2, 0.25) is 5.91 Å². The van der Waals surface area contributed by atoms with Crippen LogP contribution in [0.15, 0.2) is 33.9 Å². The molecule has 1 saturated heterocycles. The average molecular weight is 446 g/mol. The predicted octanol–water partition coefficient (Wildman–Crippen LogP) is 3.89. The van der Waals surface area contributed by atoms with Gasteiger partial charge in [0, 0.05) is 22.5 Å². The van der Waals surface area contributed by atoms with Gasteiger partial charge in [0.25, 0.3) is 5.56 Å². The van der Waals surface area contributed by atoms with Crippen molar-refractivity contribution in [1.29, 1.82) is 0 Å². The molecule has 6 nitrogen and oxygen atoms in total. The van der Waals surface area contributed by atoms with E-state index >= 15 is 0 Å². The number of halogens is 1. The number of rotatable bonds is 3. The third kappa shape index (κ3) is 3.50. The molecule has 0 saturated carbocycles. The summed E-state index contributed by atoms with van der Waals surface area (Å²) in [6.07, 6.45) is 3.05. The summed E-state index contributed by atoms with van der Waals surface area (Å²) in [5.41, 5.74) is 0.408. The van der Waals surface area contributed by atoms with E-state index < -0.39 is 5.69 Å². The highest BCUT2D eigenvalue weighted by Crippen LogP contribution is 2.27. The molecule has 1 amide bonds. The number of thiophene rings is 1. The fourth-order valence-corrected chi connectivity index (χ4v) is 5.38. The fraction of sp³-hybridized carbons (Fsp3) is 0.409. The van der Waals surface area contributed by atoms with Crippen LogP contribution < -0.4 is 11.2 Å². The molecule has 0 spiro atoms. The highest BCUT2D eigenvalue weighted by Gasteiger charge is 2.26. The summed E-state index contributed by atoms with van der Waals surface area (Å²) in [6.45, 7) is 6.48. The summed E-state index contributed by atoms with van der Waals surface area (Å²) in [5, 5.41) is 1.01. The molecule has 2 aromatic heterocycles. The van der Waals surface area contributed by atoms with Crippen LogP contribution in [0.3, 0.4) is 0 Å². The summed E-state index contributed by atoms with van der Waals surface area (Å²) < 4.78 is 2.60. The topological polar surface area (TPSA) is 64.3 Å². The third-order valence-corrected chi connectivity index (χ3v) is 7.43. The van der Waals surface area contributed by atoms with Crippen molar-refractivity contribution in [3.05, 3.63) is 60.6 Å². The fourth-order valence-electron chi connectivity index (χ4n) is 4.11. The number of piperidine rings is 1. The standard InChI is InChI=1S/C22H24ClN3O3S/c1-13-6-4-5-11-24(13)18(27)12-25-21-19(14(2)15(3)30-21)20(28)26(22(25)29)17-9-7-16(23)8-10-17/h7-10,13H,4-6,11-12H2,1-3H3. The molecule has 1 fully saturated rings. The van der Waals surface area contributed by atoms with Crippen molar-refractivity contribution < 1.29 is 4.79 Å². The van der Waals surface area contributed by atoms with Crippen LogP contribution in [0.5, 0.6) is 0 Å². The number of likely N-dealkylation sites (tertiary alicyclic amines) is 1. The van der Waals surface area contributed by atoms with E-state index in [2.05, 4.69) is 0 Å². The minimum absolute atomic E-state index is 0.0765. The summed E-state index contributed by atoms with van der Waals surface area (Å²) >= 11 is 7.37. The second-order valence-electron chi connectivity index (χ2n) is 7.88. The van der Waals surface area contributed by atoms with Crippen LogP contribution in [0.25, 0.3) is 15.9 Å². The zero-order chi connectivity index (χ0) is 21.6. The molecule has 8 heteroatoms. The van der Waals surface area contributed by atoms with E-state index in [-0.39, 0.29) is 24.1 Å². The van der Waals surface area contributed by atoms with Crippen molar-refractivity contribution in [2.24, 2.45) is 0 Å². The first-order chi connectivity index (χ1) is 14.3. The Kier molecular flexibility index (Phi) is 5.59. The van der Waals surface area contributed by atoms with Crippen LogP contribution in [0.4, 0.5) is 0 Å². The molecule has 0 N–H and O–H groups in total. The Hall–Kier alpha value is -2.38. The van der Waals surface area contributed by atoms with E-state index in [0.717, 1.165) is 34.3 Å². The molecule has 3 heterocycles. The van der Waals surface area contributed by atoms with E-state index in [1.165, 1.54) is 15.9 Å². The minimum atomic E-state index is -0.505. The number of amides is 1. The van der Waals surface area contributed by atoms with Crippen LogP contribution in [-0.4, -0.2) is 32.5 Å². The van der Waals surface area contributed by atoms with Crippen molar-refractivity contribution in [3.8, 4) is 5.69 Å². The number of benzene rings is 1. The summed E-state index contributed by atoms with van der Waals surface area (Å²) in [5.74, 6) is -0.0874. The van der Waals surface area contributed by atoms with Crippen LogP contribution in [0.2, 0.25) is 5.02 Å². The Bertz CT molecular complexity index is 1240. The van der Waals surface area contributed by atoms with Gasteiger partial charge in [-0.1, -0.05) is 11.6 Å². The maximum Gasteiger partial charge on any atom is 0.337 e. The Morgan fingerprint density at radius 2 is 1.87 bits per heavy atom. The molecule has 1 aliphatic rings. The lowest BCUT2D eigenvalue weighted by molar-refractivity contribution is -0.135. The molecule has 30 heavy (non-hydrogen) atoms. The van der Waals surface area contributed by atoms with Gasteiger partial charge in [0.05, 0.1) is 11.1 Å². The lowest BCUT2D eigenvalue weighted by atomic mass is 10.0. The first-order valence-electron chi connectivity index (χ1n) is 10.1. The van der Waals surface area contributed by atoms with Crippen LogP contribution in [-0.2, 0) is 11.3 Å². The SMILES string of the molecule is Cc1sc2c(c1C)c(=O)n(-c1ccc(Cl)cc1)c(=O)n2CC(=O)N1CCCCC1C. The number of carbonyl (C=O) groups excluding carboxylic acids is 1.